The molecule has 0 aliphatic rings. The zero-order chi connectivity index (χ0) is 12.3. The van der Waals surface area contributed by atoms with Crippen LogP contribution in [-0.2, 0) is 13.6 Å². The van der Waals surface area contributed by atoms with Gasteiger partial charge in [-0.3, -0.25) is 4.68 Å². The van der Waals surface area contributed by atoms with Crippen LogP contribution in [0.15, 0.2) is 36.5 Å². The van der Waals surface area contributed by atoms with Crippen LogP contribution in [-0.4, -0.2) is 23.9 Å². The van der Waals surface area contributed by atoms with Crippen LogP contribution in [0.25, 0.3) is 0 Å². The lowest BCUT2D eigenvalue weighted by molar-refractivity contribution is 0.720. The van der Waals surface area contributed by atoms with Crippen molar-refractivity contribution in [2.75, 3.05) is 24.3 Å². The molecule has 0 radical (unpaired) electrons. The number of benzene rings is 1. The minimum atomic E-state index is 0.789. The fourth-order valence-electron chi connectivity index (χ4n) is 1.64. The molecule has 1 N–H and O–H groups in total. The molecule has 2 aromatic rings. The van der Waals surface area contributed by atoms with Gasteiger partial charge in [0.05, 0.1) is 12.2 Å². The third-order valence-electron chi connectivity index (χ3n) is 2.78. The van der Waals surface area contributed by atoms with E-state index in [0.717, 1.165) is 12.2 Å². The Labute approximate surface area is 102 Å². The van der Waals surface area contributed by atoms with Crippen LogP contribution >= 0.6 is 0 Å². The lowest BCUT2D eigenvalue weighted by atomic mass is 10.2. The molecule has 0 spiro atoms. The summed E-state index contributed by atoms with van der Waals surface area (Å²) in [6.45, 7) is 0.789. The Bertz CT molecular complexity index is 470. The predicted octanol–water partition coefficient (Wildman–Crippen LogP) is 2.10. The second-order valence-electron chi connectivity index (χ2n) is 4.24. The maximum Gasteiger partial charge on any atom is 0.0571 e. The van der Waals surface area contributed by atoms with Gasteiger partial charge < -0.3 is 10.2 Å². The number of aromatic nitrogens is 2. The van der Waals surface area contributed by atoms with E-state index in [1.807, 2.05) is 38.1 Å². The smallest absolute Gasteiger partial charge is 0.0571 e. The lowest BCUT2D eigenvalue weighted by Crippen LogP contribution is -2.09. The molecule has 0 saturated heterocycles. The Morgan fingerprint density at radius 1 is 1.18 bits per heavy atom. The molecule has 1 aromatic carbocycles. The Morgan fingerprint density at radius 3 is 2.41 bits per heavy atom. The first kappa shape index (κ1) is 11.5. The molecular weight excluding hydrogens is 212 g/mol. The molecule has 1 aromatic heterocycles. The molecule has 0 bridgehead atoms. The molecule has 17 heavy (non-hydrogen) atoms. The van der Waals surface area contributed by atoms with E-state index < -0.39 is 0 Å². The van der Waals surface area contributed by atoms with E-state index in [2.05, 4.69) is 39.6 Å². The van der Waals surface area contributed by atoms with E-state index in [0.29, 0.717) is 0 Å². The Kier molecular flexibility index (Phi) is 3.32. The van der Waals surface area contributed by atoms with Gasteiger partial charge in [0.15, 0.2) is 0 Å². The second-order valence-corrected chi connectivity index (χ2v) is 4.24. The van der Waals surface area contributed by atoms with Crippen molar-refractivity contribution < 1.29 is 0 Å². The van der Waals surface area contributed by atoms with Crippen molar-refractivity contribution in [2.45, 2.75) is 6.54 Å². The zero-order valence-electron chi connectivity index (χ0n) is 10.5. The van der Waals surface area contributed by atoms with Crippen LogP contribution in [0, 0.1) is 0 Å². The number of hydrogen-bond donors (Lipinski definition) is 1. The zero-order valence-corrected chi connectivity index (χ0v) is 10.5. The maximum absolute atomic E-state index is 4.14. The maximum atomic E-state index is 4.14. The number of nitrogens with zero attached hydrogens (tertiary/aromatic N) is 3. The fraction of sp³-hybridized carbons (Fsp3) is 0.308. The van der Waals surface area contributed by atoms with Crippen LogP contribution in [0.5, 0.6) is 0 Å². The summed E-state index contributed by atoms with van der Waals surface area (Å²) in [5.41, 5.74) is 3.49. The number of anilines is 2. The normalized spacial score (nSPS) is 10.3. The molecule has 1 heterocycles. The van der Waals surface area contributed by atoms with Gasteiger partial charge in [-0.1, -0.05) is 0 Å². The number of hydrogen-bond acceptors (Lipinski definition) is 3. The van der Waals surface area contributed by atoms with Gasteiger partial charge in [0.2, 0.25) is 0 Å². The van der Waals surface area contributed by atoms with Gasteiger partial charge in [-0.2, -0.15) is 5.10 Å². The van der Waals surface area contributed by atoms with E-state index in [9.17, 15) is 0 Å². The lowest BCUT2D eigenvalue weighted by Gasteiger charge is -2.13. The molecule has 0 atom stereocenters. The first-order chi connectivity index (χ1) is 8.16. The van der Waals surface area contributed by atoms with Crippen LogP contribution in [0.4, 0.5) is 11.4 Å². The van der Waals surface area contributed by atoms with Gasteiger partial charge >= 0.3 is 0 Å². The van der Waals surface area contributed by atoms with Crippen LogP contribution in [0.3, 0.4) is 0 Å². The van der Waals surface area contributed by atoms with Crippen molar-refractivity contribution in [2.24, 2.45) is 7.05 Å². The van der Waals surface area contributed by atoms with Crippen molar-refractivity contribution in [3.63, 3.8) is 0 Å². The SMILES string of the molecule is CN(C)c1ccc(NCc2ccnn2C)cc1. The largest absolute Gasteiger partial charge is 0.379 e. The molecule has 4 heteroatoms. The van der Waals surface area contributed by atoms with Crippen molar-refractivity contribution in [1.29, 1.82) is 0 Å². The third-order valence-corrected chi connectivity index (χ3v) is 2.78. The highest BCUT2D eigenvalue weighted by Crippen LogP contribution is 2.16. The summed E-state index contributed by atoms with van der Waals surface area (Å²) in [7, 11) is 6.03. The molecule has 90 valence electrons. The van der Waals surface area contributed by atoms with Gasteiger partial charge in [-0.25, -0.2) is 0 Å². The van der Waals surface area contributed by atoms with Gasteiger partial charge in [0.25, 0.3) is 0 Å². The molecule has 0 saturated carbocycles. The molecule has 0 aliphatic heterocycles. The standard InChI is InChI=1S/C13H18N4/c1-16(2)12-6-4-11(5-7-12)14-10-13-8-9-15-17(13)3/h4-9,14H,10H2,1-3H3. The van der Waals surface area contributed by atoms with Gasteiger partial charge in [0, 0.05) is 38.7 Å². The van der Waals surface area contributed by atoms with E-state index in [4.69, 9.17) is 0 Å². The molecule has 0 aliphatic carbocycles. The third kappa shape index (κ3) is 2.78. The Hall–Kier alpha value is -1.97. The minimum Gasteiger partial charge on any atom is -0.379 e. The van der Waals surface area contributed by atoms with Crippen LogP contribution < -0.4 is 10.2 Å². The molecule has 4 nitrogen and oxygen atoms in total. The number of rotatable bonds is 4. The van der Waals surface area contributed by atoms with E-state index in [1.54, 1.807) is 0 Å². The topological polar surface area (TPSA) is 33.1 Å². The van der Waals surface area contributed by atoms with E-state index in [-0.39, 0.29) is 0 Å². The number of nitrogens with one attached hydrogen (secondary N) is 1. The first-order valence-corrected chi connectivity index (χ1v) is 5.65. The predicted molar refractivity (Wildman–Crippen MR) is 71.3 cm³/mol. The average molecular weight is 230 g/mol. The Balaban J connectivity index is 1.98. The van der Waals surface area contributed by atoms with Gasteiger partial charge in [-0.15, -0.1) is 0 Å². The second kappa shape index (κ2) is 4.91. The molecule has 0 amide bonds. The first-order valence-electron chi connectivity index (χ1n) is 5.65. The van der Waals surface area contributed by atoms with E-state index >= 15 is 0 Å². The molecule has 0 unspecified atom stereocenters. The summed E-state index contributed by atoms with van der Waals surface area (Å²) in [5, 5.41) is 7.51. The van der Waals surface area contributed by atoms with Gasteiger partial charge in [-0.05, 0) is 30.3 Å². The Morgan fingerprint density at radius 2 is 1.88 bits per heavy atom. The summed E-state index contributed by atoms with van der Waals surface area (Å²) in [4.78, 5) is 2.09. The molecule has 0 fully saturated rings. The highest BCUT2D eigenvalue weighted by molar-refractivity contribution is 5.54. The monoisotopic (exact) mass is 230 g/mol. The quantitative estimate of drug-likeness (QED) is 0.873. The summed E-state index contributed by atoms with van der Waals surface area (Å²) in [6.07, 6.45) is 1.81. The number of aryl methyl sites for hydroxylation is 1. The van der Waals surface area contributed by atoms with Crippen LogP contribution in [0.2, 0.25) is 0 Å². The summed E-state index contributed by atoms with van der Waals surface area (Å²) < 4.78 is 1.88. The van der Waals surface area contributed by atoms with E-state index in [1.165, 1.54) is 11.4 Å². The fourth-order valence-corrected chi connectivity index (χ4v) is 1.64. The van der Waals surface area contributed by atoms with Crippen molar-refractivity contribution >= 4 is 11.4 Å². The highest BCUT2D eigenvalue weighted by Gasteiger charge is 1.99. The van der Waals surface area contributed by atoms with Gasteiger partial charge in [0.1, 0.15) is 0 Å². The average Bonchev–Trinajstić information content (AvgIpc) is 2.73. The summed E-state index contributed by atoms with van der Waals surface area (Å²) in [6, 6.07) is 10.4. The summed E-state index contributed by atoms with van der Waals surface area (Å²) >= 11 is 0. The minimum absolute atomic E-state index is 0.789. The molecule has 2 rings (SSSR count). The van der Waals surface area contributed by atoms with Crippen LogP contribution in [0.1, 0.15) is 5.69 Å². The van der Waals surface area contributed by atoms with Crippen molar-refractivity contribution in [3.05, 3.63) is 42.2 Å². The van der Waals surface area contributed by atoms with Crippen molar-refractivity contribution in [1.82, 2.24) is 9.78 Å². The highest BCUT2D eigenvalue weighted by atomic mass is 15.3. The summed E-state index contributed by atoms with van der Waals surface area (Å²) in [5.74, 6) is 0. The molecular formula is C13H18N4. The van der Waals surface area contributed by atoms with Crippen molar-refractivity contribution in [3.8, 4) is 0 Å².